The van der Waals surface area contributed by atoms with Gasteiger partial charge in [-0.3, -0.25) is 4.79 Å². The predicted molar refractivity (Wildman–Crippen MR) is 103 cm³/mol. The molecule has 0 atom stereocenters. The van der Waals surface area contributed by atoms with Crippen LogP contribution in [-0.4, -0.2) is 31.7 Å². The smallest absolute Gasteiger partial charge is 0.251 e. The highest BCUT2D eigenvalue weighted by atomic mass is 32.1. The zero-order chi connectivity index (χ0) is 18.4. The van der Waals surface area contributed by atoms with Crippen LogP contribution in [0.25, 0.3) is 10.6 Å². The Balaban J connectivity index is 1.59. The minimum Gasteiger partial charge on any atom is -0.497 e. The van der Waals surface area contributed by atoms with E-state index in [1.165, 1.54) is 0 Å². The normalized spacial score (nSPS) is 10.4. The molecule has 0 bridgehead atoms. The van der Waals surface area contributed by atoms with Crippen LogP contribution < -0.4 is 14.8 Å². The summed E-state index contributed by atoms with van der Waals surface area (Å²) in [5.74, 6) is 1.35. The number of rotatable bonds is 7. The van der Waals surface area contributed by atoms with Crippen LogP contribution in [0.2, 0.25) is 0 Å². The molecule has 2 aromatic carbocycles. The van der Waals surface area contributed by atoms with Crippen molar-refractivity contribution in [2.45, 2.75) is 6.42 Å². The van der Waals surface area contributed by atoms with Crippen molar-refractivity contribution in [2.24, 2.45) is 0 Å². The standard InChI is InChI=1S/C20H20N2O3S/c1-24-16-7-5-6-14(12-16)19(23)21-11-10-15-13-26-20(22-15)17-8-3-4-9-18(17)25-2/h3-9,12-13H,10-11H2,1-2H3,(H,21,23). The minimum absolute atomic E-state index is 0.121. The van der Waals surface area contributed by atoms with Crippen molar-refractivity contribution in [1.82, 2.24) is 10.3 Å². The number of nitrogens with zero attached hydrogens (tertiary/aromatic N) is 1. The van der Waals surface area contributed by atoms with Gasteiger partial charge in [-0.25, -0.2) is 4.98 Å². The molecule has 1 N–H and O–H groups in total. The summed E-state index contributed by atoms with van der Waals surface area (Å²) in [5, 5.41) is 5.84. The second kappa shape index (κ2) is 8.49. The second-order valence-electron chi connectivity index (χ2n) is 5.58. The van der Waals surface area contributed by atoms with E-state index in [9.17, 15) is 4.79 Å². The fourth-order valence-corrected chi connectivity index (χ4v) is 3.42. The largest absolute Gasteiger partial charge is 0.497 e. The molecule has 6 heteroatoms. The van der Waals surface area contributed by atoms with Gasteiger partial charge in [0.1, 0.15) is 16.5 Å². The number of amides is 1. The predicted octanol–water partition coefficient (Wildman–Crippen LogP) is 3.80. The fraction of sp³-hybridized carbons (Fsp3) is 0.200. The van der Waals surface area contributed by atoms with Gasteiger partial charge in [-0.15, -0.1) is 11.3 Å². The Morgan fingerprint density at radius 2 is 1.96 bits per heavy atom. The number of hydrogen-bond acceptors (Lipinski definition) is 5. The fourth-order valence-electron chi connectivity index (χ4n) is 2.54. The molecule has 0 unspecified atom stereocenters. The average molecular weight is 368 g/mol. The molecule has 1 heterocycles. The van der Waals surface area contributed by atoms with Crippen molar-refractivity contribution in [3.05, 3.63) is 65.2 Å². The summed E-state index contributed by atoms with van der Waals surface area (Å²) in [6.45, 7) is 0.519. The van der Waals surface area contributed by atoms with Crippen molar-refractivity contribution in [3.63, 3.8) is 0 Å². The van der Waals surface area contributed by atoms with Gasteiger partial charge in [-0.2, -0.15) is 0 Å². The van der Waals surface area contributed by atoms with E-state index in [0.29, 0.717) is 24.3 Å². The van der Waals surface area contributed by atoms with E-state index in [1.54, 1.807) is 43.8 Å². The zero-order valence-electron chi connectivity index (χ0n) is 14.7. The van der Waals surface area contributed by atoms with Gasteiger partial charge >= 0.3 is 0 Å². The van der Waals surface area contributed by atoms with Crippen LogP contribution in [0.4, 0.5) is 0 Å². The average Bonchev–Trinajstić information content (AvgIpc) is 3.16. The van der Waals surface area contributed by atoms with Crippen LogP contribution in [0.15, 0.2) is 53.9 Å². The highest BCUT2D eigenvalue weighted by Gasteiger charge is 2.10. The Bertz CT molecular complexity index is 892. The minimum atomic E-state index is -0.121. The first kappa shape index (κ1) is 17.9. The molecule has 3 rings (SSSR count). The number of carbonyl (C=O) groups is 1. The van der Waals surface area contributed by atoms with Gasteiger partial charge in [0.2, 0.25) is 0 Å². The maximum Gasteiger partial charge on any atom is 0.251 e. The monoisotopic (exact) mass is 368 g/mol. The van der Waals surface area contributed by atoms with E-state index in [-0.39, 0.29) is 5.91 Å². The van der Waals surface area contributed by atoms with Gasteiger partial charge in [0.25, 0.3) is 5.91 Å². The summed E-state index contributed by atoms with van der Waals surface area (Å²) in [7, 11) is 3.24. The Morgan fingerprint density at radius 1 is 1.12 bits per heavy atom. The molecule has 0 aliphatic rings. The number of ether oxygens (including phenoxy) is 2. The maximum absolute atomic E-state index is 12.2. The van der Waals surface area contributed by atoms with Crippen molar-refractivity contribution < 1.29 is 14.3 Å². The number of nitrogens with one attached hydrogen (secondary N) is 1. The van der Waals surface area contributed by atoms with Gasteiger partial charge in [-0.05, 0) is 30.3 Å². The first-order valence-electron chi connectivity index (χ1n) is 8.21. The van der Waals surface area contributed by atoms with Gasteiger partial charge in [0.15, 0.2) is 0 Å². The van der Waals surface area contributed by atoms with Crippen LogP contribution in [0, 0.1) is 0 Å². The SMILES string of the molecule is COc1cccc(C(=O)NCCc2csc(-c3ccccc3OC)n2)c1. The summed E-state index contributed by atoms with van der Waals surface area (Å²) >= 11 is 1.57. The third kappa shape index (κ3) is 4.21. The van der Waals surface area contributed by atoms with Crippen LogP contribution in [-0.2, 0) is 6.42 Å². The highest BCUT2D eigenvalue weighted by molar-refractivity contribution is 7.13. The van der Waals surface area contributed by atoms with E-state index >= 15 is 0 Å². The first-order valence-corrected chi connectivity index (χ1v) is 9.09. The lowest BCUT2D eigenvalue weighted by atomic mass is 10.2. The van der Waals surface area contributed by atoms with Crippen LogP contribution in [0.3, 0.4) is 0 Å². The van der Waals surface area contributed by atoms with E-state index in [1.807, 2.05) is 35.7 Å². The number of benzene rings is 2. The zero-order valence-corrected chi connectivity index (χ0v) is 15.5. The molecule has 5 nitrogen and oxygen atoms in total. The summed E-state index contributed by atoms with van der Waals surface area (Å²) in [5.41, 5.74) is 2.51. The summed E-state index contributed by atoms with van der Waals surface area (Å²) in [6.07, 6.45) is 0.668. The number of methoxy groups -OCH3 is 2. The van der Waals surface area contributed by atoms with Crippen LogP contribution >= 0.6 is 11.3 Å². The molecule has 0 spiro atoms. The summed E-state index contributed by atoms with van der Waals surface area (Å²) < 4.78 is 10.5. The number of carbonyl (C=O) groups excluding carboxylic acids is 1. The van der Waals surface area contributed by atoms with E-state index in [0.717, 1.165) is 22.0 Å². The molecule has 134 valence electrons. The highest BCUT2D eigenvalue weighted by Crippen LogP contribution is 2.31. The summed E-state index contributed by atoms with van der Waals surface area (Å²) in [4.78, 5) is 16.9. The molecule has 1 aromatic heterocycles. The van der Waals surface area contributed by atoms with Crippen LogP contribution in [0.5, 0.6) is 11.5 Å². The lowest BCUT2D eigenvalue weighted by Gasteiger charge is -2.06. The number of hydrogen-bond donors (Lipinski definition) is 1. The topological polar surface area (TPSA) is 60.5 Å². The molecule has 0 radical (unpaired) electrons. The maximum atomic E-state index is 12.2. The van der Waals surface area contributed by atoms with Crippen LogP contribution in [0.1, 0.15) is 16.1 Å². The third-order valence-electron chi connectivity index (χ3n) is 3.89. The Morgan fingerprint density at radius 3 is 2.77 bits per heavy atom. The Labute approximate surface area is 156 Å². The third-order valence-corrected chi connectivity index (χ3v) is 4.81. The van der Waals surface area contributed by atoms with Gasteiger partial charge < -0.3 is 14.8 Å². The molecule has 0 aliphatic carbocycles. The van der Waals surface area contributed by atoms with Gasteiger partial charge in [0, 0.05) is 23.9 Å². The molecule has 0 saturated carbocycles. The quantitative estimate of drug-likeness (QED) is 0.689. The van der Waals surface area contributed by atoms with E-state index < -0.39 is 0 Å². The Hall–Kier alpha value is -2.86. The van der Waals surface area contributed by atoms with Gasteiger partial charge in [0.05, 0.1) is 25.5 Å². The summed E-state index contributed by atoms with van der Waals surface area (Å²) in [6, 6.07) is 14.9. The van der Waals surface area contributed by atoms with Crippen molar-refractivity contribution in [2.75, 3.05) is 20.8 Å². The molecule has 1 amide bonds. The molecule has 0 fully saturated rings. The van der Waals surface area contributed by atoms with Crippen molar-refractivity contribution >= 4 is 17.2 Å². The number of thiazole rings is 1. The molecule has 26 heavy (non-hydrogen) atoms. The molecule has 3 aromatic rings. The van der Waals surface area contributed by atoms with Crippen molar-refractivity contribution in [3.8, 4) is 22.1 Å². The lowest BCUT2D eigenvalue weighted by Crippen LogP contribution is -2.25. The van der Waals surface area contributed by atoms with E-state index in [2.05, 4.69) is 10.3 Å². The lowest BCUT2D eigenvalue weighted by molar-refractivity contribution is 0.0953. The second-order valence-corrected chi connectivity index (χ2v) is 6.44. The number of para-hydroxylation sites is 1. The molecular formula is C20H20N2O3S. The van der Waals surface area contributed by atoms with Gasteiger partial charge in [-0.1, -0.05) is 18.2 Å². The Kier molecular flexibility index (Phi) is 5.86. The first-order chi connectivity index (χ1) is 12.7. The molecular weight excluding hydrogens is 348 g/mol. The molecule has 0 aliphatic heterocycles. The van der Waals surface area contributed by atoms with E-state index in [4.69, 9.17) is 9.47 Å². The molecule has 0 saturated heterocycles. The number of aromatic nitrogens is 1. The van der Waals surface area contributed by atoms with Crippen molar-refractivity contribution in [1.29, 1.82) is 0 Å².